The highest BCUT2D eigenvalue weighted by atomic mass is 16.2. The Kier molecular flexibility index (Phi) is 4.04. The molecule has 0 spiro atoms. The first-order chi connectivity index (χ1) is 14.0. The van der Waals surface area contributed by atoms with E-state index in [2.05, 4.69) is 15.2 Å². The normalized spacial score (nSPS) is 16.3. The molecule has 2 aliphatic rings. The molecule has 9 heteroatoms. The van der Waals surface area contributed by atoms with E-state index >= 15 is 0 Å². The molecule has 0 saturated heterocycles. The second kappa shape index (κ2) is 6.61. The number of aryl methyl sites for hydroxylation is 3. The maximum atomic E-state index is 12.6. The van der Waals surface area contributed by atoms with E-state index in [9.17, 15) is 4.79 Å². The fraction of sp³-hybridized carbons (Fsp3) is 0.400. The highest BCUT2D eigenvalue weighted by Crippen LogP contribution is 2.27. The third-order valence-electron chi connectivity index (χ3n) is 5.43. The van der Waals surface area contributed by atoms with Crippen LogP contribution in [0.5, 0.6) is 0 Å². The van der Waals surface area contributed by atoms with Gasteiger partial charge in [-0.15, -0.1) is 0 Å². The molecular weight excluding hydrogens is 368 g/mol. The molecule has 5 heterocycles. The minimum absolute atomic E-state index is 0.0889. The quantitative estimate of drug-likeness (QED) is 0.580. The molecule has 0 radical (unpaired) electrons. The zero-order valence-electron chi connectivity index (χ0n) is 16.8. The Hall–Kier alpha value is -3.36. The fourth-order valence-corrected chi connectivity index (χ4v) is 3.92. The van der Waals surface area contributed by atoms with Gasteiger partial charge in [-0.25, -0.2) is 4.98 Å². The Morgan fingerprint density at radius 1 is 1.07 bits per heavy atom. The van der Waals surface area contributed by atoms with Crippen LogP contribution in [0.25, 0.3) is 11.3 Å². The van der Waals surface area contributed by atoms with Crippen molar-refractivity contribution >= 4 is 11.6 Å². The first-order valence-electron chi connectivity index (χ1n) is 9.71. The summed E-state index contributed by atoms with van der Waals surface area (Å²) in [4.78, 5) is 28.6. The van der Waals surface area contributed by atoms with Gasteiger partial charge in [-0.2, -0.15) is 10.2 Å². The highest BCUT2D eigenvalue weighted by Gasteiger charge is 2.26. The molecule has 2 aliphatic heterocycles. The number of hydrogen-bond donors (Lipinski definition) is 0. The van der Waals surface area contributed by atoms with E-state index in [1.54, 1.807) is 15.8 Å². The van der Waals surface area contributed by atoms with Crippen LogP contribution in [-0.2, 0) is 31.5 Å². The van der Waals surface area contributed by atoms with Crippen LogP contribution >= 0.6 is 0 Å². The summed E-state index contributed by atoms with van der Waals surface area (Å²) in [5.41, 5.74) is 6.83. The SMILES string of the molecule is Cc1nn2cc1C1=NCc3ncc(nc31)-c1cn(C)nc1CN(C)C(=O)CCC2. The molecular formula is C20H22N8O. The lowest BCUT2D eigenvalue weighted by molar-refractivity contribution is -0.130. The monoisotopic (exact) mass is 390 g/mol. The van der Waals surface area contributed by atoms with Crippen molar-refractivity contribution in [2.45, 2.75) is 39.4 Å². The zero-order chi connectivity index (χ0) is 20.1. The van der Waals surface area contributed by atoms with E-state index in [1.807, 2.05) is 38.1 Å². The largest absolute Gasteiger partial charge is 0.340 e. The van der Waals surface area contributed by atoms with Crippen molar-refractivity contribution in [2.24, 2.45) is 12.0 Å². The number of carbonyl (C=O) groups is 1. The van der Waals surface area contributed by atoms with Crippen LogP contribution in [0.4, 0.5) is 0 Å². The van der Waals surface area contributed by atoms with E-state index < -0.39 is 0 Å². The Bertz CT molecular complexity index is 1160. The molecule has 0 N–H and O–H groups in total. The summed E-state index contributed by atoms with van der Waals surface area (Å²) in [6.07, 6.45) is 6.89. The second-order valence-electron chi connectivity index (χ2n) is 7.62. The van der Waals surface area contributed by atoms with Crippen LogP contribution < -0.4 is 0 Å². The first kappa shape index (κ1) is 17.7. The third kappa shape index (κ3) is 3.02. The maximum Gasteiger partial charge on any atom is 0.222 e. The van der Waals surface area contributed by atoms with Crippen molar-refractivity contribution in [3.63, 3.8) is 0 Å². The van der Waals surface area contributed by atoms with E-state index in [-0.39, 0.29) is 5.91 Å². The molecule has 9 nitrogen and oxygen atoms in total. The zero-order valence-corrected chi connectivity index (χ0v) is 16.8. The van der Waals surface area contributed by atoms with Crippen LogP contribution in [0.15, 0.2) is 23.6 Å². The summed E-state index contributed by atoms with van der Waals surface area (Å²) in [7, 11) is 3.69. The minimum atomic E-state index is 0.0889. The predicted molar refractivity (Wildman–Crippen MR) is 106 cm³/mol. The van der Waals surface area contributed by atoms with Gasteiger partial charge in [0.1, 0.15) is 5.69 Å². The van der Waals surface area contributed by atoms with Crippen LogP contribution in [0, 0.1) is 6.92 Å². The van der Waals surface area contributed by atoms with E-state index in [0.717, 1.165) is 51.7 Å². The molecule has 4 bridgehead atoms. The summed E-state index contributed by atoms with van der Waals surface area (Å²) < 4.78 is 3.65. The predicted octanol–water partition coefficient (Wildman–Crippen LogP) is 1.49. The fourth-order valence-electron chi connectivity index (χ4n) is 3.92. The lowest BCUT2D eigenvalue weighted by Gasteiger charge is -2.16. The number of aromatic nitrogens is 6. The van der Waals surface area contributed by atoms with Crippen LogP contribution in [0.3, 0.4) is 0 Å². The van der Waals surface area contributed by atoms with Crippen LogP contribution in [0.2, 0.25) is 0 Å². The number of amides is 1. The smallest absolute Gasteiger partial charge is 0.222 e. The van der Waals surface area contributed by atoms with Gasteiger partial charge in [0, 0.05) is 50.6 Å². The van der Waals surface area contributed by atoms with Gasteiger partial charge in [0.05, 0.1) is 47.8 Å². The summed E-state index contributed by atoms with van der Waals surface area (Å²) in [5.74, 6) is 0.0889. The van der Waals surface area contributed by atoms with Gasteiger partial charge in [-0.3, -0.25) is 24.1 Å². The van der Waals surface area contributed by atoms with E-state index in [0.29, 0.717) is 26.1 Å². The van der Waals surface area contributed by atoms with E-state index in [4.69, 9.17) is 9.98 Å². The van der Waals surface area contributed by atoms with Gasteiger partial charge in [0.2, 0.25) is 5.91 Å². The highest BCUT2D eigenvalue weighted by molar-refractivity contribution is 6.14. The molecule has 0 aliphatic carbocycles. The minimum Gasteiger partial charge on any atom is -0.340 e. The number of carbonyl (C=O) groups excluding carboxylic acids is 1. The molecule has 5 rings (SSSR count). The molecule has 0 saturated carbocycles. The Morgan fingerprint density at radius 3 is 2.79 bits per heavy atom. The van der Waals surface area contributed by atoms with Gasteiger partial charge >= 0.3 is 0 Å². The average Bonchev–Trinajstić information content (AvgIpc) is 3.37. The standard InChI is InChI=1S/C20H22N8O/c1-12-13-10-28(24-12)6-4-5-18(29)26(2)11-17-14(9-27(3)25-17)15-7-21-16-8-22-19(13)20(16)23-15/h7,9-10H,4-6,8,11H2,1-3H3. The van der Waals surface area contributed by atoms with Crippen molar-refractivity contribution in [2.75, 3.05) is 7.05 Å². The average molecular weight is 390 g/mol. The van der Waals surface area contributed by atoms with Crippen LogP contribution in [0.1, 0.15) is 41.2 Å². The molecule has 0 unspecified atom stereocenters. The van der Waals surface area contributed by atoms with Crippen molar-refractivity contribution < 1.29 is 4.79 Å². The number of rotatable bonds is 0. The van der Waals surface area contributed by atoms with Gasteiger partial charge in [0.25, 0.3) is 0 Å². The van der Waals surface area contributed by atoms with Crippen molar-refractivity contribution in [1.82, 2.24) is 34.4 Å². The summed E-state index contributed by atoms with van der Waals surface area (Å²) in [6.45, 7) is 3.62. The lowest BCUT2D eigenvalue weighted by atomic mass is 10.1. The molecule has 1 amide bonds. The molecule has 0 aromatic carbocycles. The third-order valence-corrected chi connectivity index (χ3v) is 5.43. The van der Waals surface area contributed by atoms with Crippen LogP contribution in [-0.4, -0.2) is 53.1 Å². The molecule has 0 atom stereocenters. The van der Waals surface area contributed by atoms with Gasteiger partial charge in [-0.05, 0) is 13.3 Å². The number of fused-ring (bicyclic) bond motifs is 6. The van der Waals surface area contributed by atoms with Gasteiger partial charge < -0.3 is 4.90 Å². The summed E-state index contributed by atoms with van der Waals surface area (Å²) in [6, 6.07) is 0. The maximum absolute atomic E-state index is 12.6. The first-order valence-corrected chi connectivity index (χ1v) is 9.71. The molecule has 3 aromatic rings. The van der Waals surface area contributed by atoms with Crippen molar-refractivity contribution in [1.29, 1.82) is 0 Å². The molecule has 148 valence electrons. The summed E-state index contributed by atoms with van der Waals surface area (Å²) >= 11 is 0. The summed E-state index contributed by atoms with van der Waals surface area (Å²) in [5, 5.41) is 9.19. The topological polar surface area (TPSA) is 94.1 Å². The Labute approximate surface area is 168 Å². The number of aliphatic imine (C=N–C) groups is 1. The molecule has 0 fully saturated rings. The Morgan fingerprint density at radius 2 is 1.93 bits per heavy atom. The second-order valence-corrected chi connectivity index (χ2v) is 7.62. The van der Waals surface area contributed by atoms with Gasteiger partial charge in [-0.1, -0.05) is 0 Å². The molecule has 3 aromatic heterocycles. The number of hydrogen-bond acceptors (Lipinski definition) is 6. The van der Waals surface area contributed by atoms with E-state index in [1.165, 1.54) is 0 Å². The van der Waals surface area contributed by atoms with Gasteiger partial charge in [0.15, 0.2) is 0 Å². The number of nitrogens with zero attached hydrogens (tertiary/aromatic N) is 8. The van der Waals surface area contributed by atoms with Crippen molar-refractivity contribution in [3.05, 3.63) is 46.9 Å². The lowest BCUT2D eigenvalue weighted by Crippen LogP contribution is -2.26. The molecule has 29 heavy (non-hydrogen) atoms. The van der Waals surface area contributed by atoms with Crippen molar-refractivity contribution in [3.8, 4) is 11.3 Å². The Balaban J connectivity index is 1.67.